The van der Waals surface area contributed by atoms with Crippen LogP contribution < -0.4 is 5.32 Å². The molecule has 0 aliphatic carbocycles. The average molecular weight is 269 g/mol. The van der Waals surface area contributed by atoms with Crippen molar-refractivity contribution in [3.63, 3.8) is 0 Å². The van der Waals surface area contributed by atoms with Crippen molar-refractivity contribution in [2.75, 3.05) is 46.3 Å². The van der Waals surface area contributed by atoms with Crippen molar-refractivity contribution >= 4 is 0 Å². The molecule has 4 nitrogen and oxygen atoms in total. The van der Waals surface area contributed by atoms with E-state index in [1.165, 1.54) is 45.4 Å². The first-order chi connectivity index (χ1) is 9.13. The van der Waals surface area contributed by atoms with Crippen molar-refractivity contribution in [2.45, 2.75) is 51.4 Å². The molecule has 2 atom stereocenters. The molecule has 2 unspecified atom stereocenters. The molecule has 2 aliphatic rings. The van der Waals surface area contributed by atoms with Crippen LogP contribution in [0.25, 0.3) is 0 Å². The van der Waals surface area contributed by atoms with E-state index >= 15 is 0 Å². The predicted molar refractivity (Wildman–Crippen MR) is 79.6 cm³/mol. The number of likely N-dealkylation sites (N-methyl/N-ethyl adjacent to an activating group) is 1. The predicted octanol–water partition coefficient (Wildman–Crippen LogP) is 1.17. The van der Waals surface area contributed by atoms with Gasteiger partial charge in [0, 0.05) is 32.2 Å². The number of nitrogens with one attached hydrogen (secondary N) is 1. The molecule has 0 saturated carbocycles. The van der Waals surface area contributed by atoms with Gasteiger partial charge in [-0.05, 0) is 39.4 Å². The van der Waals surface area contributed by atoms with E-state index < -0.39 is 0 Å². The molecular weight excluding hydrogens is 238 g/mol. The maximum atomic E-state index is 6.16. The molecule has 2 rings (SSSR count). The lowest BCUT2D eigenvalue weighted by molar-refractivity contribution is 0.0234. The zero-order chi connectivity index (χ0) is 13.7. The second kappa shape index (κ2) is 7.58. The van der Waals surface area contributed by atoms with E-state index in [0.717, 1.165) is 13.1 Å². The molecule has 2 heterocycles. The molecule has 1 N–H and O–H groups in total. The van der Waals surface area contributed by atoms with Crippen molar-refractivity contribution in [2.24, 2.45) is 0 Å². The molecule has 0 spiro atoms. The van der Waals surface area contributed by atoms with Crippen LogP contribution in [-0.2, 0) is 4.74 Å². The van der Waals surface area contributed by atoms with Gasteiger partial charge in [-0.1, -0.05) is 13.8 Å². The maximum Gasteiger partial charge on any atom is 0.0707 e. The second-order valence-electron chi connectivity index (χ2n) is 6.48. The van der Waals surface area contributed by atoms with Crippen LogP contribution in [0.4, 0.5) is 0 Å². The Hall–Kier alpha value is -0.160. The van der Waals surface area contributed by atoms with Gasteiger partial charge >= 0.3 is 0 Å². The van der Waals surface area contributed by atoms with Gasteiger partial charge in [-0.25, -0.2) is 0 Å². The highest BCUT2D eigenvalue weighted by atomic mass is 16.5. The minimum atomic E-state index is 0.432. The fourth-order valence-electron chi connectivity index (χ4n) is 3.00. The molecule has 0 aromatic heterocycles. The lowest BCUT2D eigenvalue weighted by Gasteiger charge is -2.24. The summed E-state index contributed by atoms with van der Waals surface area (Å²) in [7, 11) is 2.23. The summed E-state index contributed by atoms with van der Waals surface area (Å²) in [4.78, 5) is 5.03. The van der Waals surface area contributed by atoms with Gasteiger partial charge in [0.25, 0.3) is 0 Å². The van der Waals surface area contributed by atoms with E-state index in [9.17, 15) is 0 Å². The Balaban J connectivity index is 1.66. The van der Waals surface area contributed by atoms with E-state index in [2.05, 4.69) is 36.0 Å². The standard InChI is InChI=1S/C15H31N3O/c1-13(2)16-11-14-5-6-15(19-14)12-18-8-4-7-17(3)9-10-18/h13-16H,4-12H2,1-3H3. The van der Waals surface area contributed by atoms with E-state index in [0.29, 0.717) is 18.2 Å². The SMILES string of the molecule is CC(C)NCC1CCC(CN2CCCN(C)CC2)O1. The number of hydrogen-bond acceptors (Lipinski definition) is 4. The lowest BCUT2D eigenvalue weighted by Crippen LogP contribution is -2.37. The smallest absolute Gasteiger partial charge is 0.0707 e. The van der Waals surface area contributed by atoms with Gasteiger partial charge in [-0.15, -0.1) is 0 Å². The number of nitrogens with zero attached hydrogens (tertiary/aromatic N) is 2. The number of rotatable bonds is 5. The van der Waals surface area contributed by atoms with Crippen LogP contribution in [0.3, 0.4) is 0 Å². The minimum absolute atomic E-state index is 0.432. The van der Waals surface area contributed by atoms with Crippen molar-refractivity contribution in [3.8, 4) is 0 Å². The summed E-state index contributed by atoms with van der Waals surface area (Å²) in [6, 6.07) is 0.559. The molecule has 4 heteroatoms. The first-order valence-electron chi connectivity index (χ1n) is 7.93. The van der Waals surface area contributed by atoms with Gasteiger partial charge in [-0.2, -0.15) is 0 Å². The van der Waals surface area contributed by atoms with Crippen LogP contribution in [0.15, 0.2) is 0 Å². The molecule has 0 bridgehead atoms. The Morgan fingerprint density at radius 3 is 2.68 bits per heavy atom. The van der Waals surface area contributed by atoms with Crippen LogP contribution in [0.5, 0.6) is 0 Å². The summed E-state index contributed by atoms with van der Waals surface area (Å²) >= 11 is 0. The van der Waals surface area contributed by atoms with Crippen molar-refractivity contribution in [1.82, 2.24) is 15.1 Å². The normalized spacial score (nSPS) is 30.9. The fourth-order valence-corrected chi connectivity index (χ4v) is 3.00. The van der Waals surface area contributed by atoms with E-state index in [4.69, 9.17) is 4.74 Å². The first kappa shape index (κ1) is 15.2. The van der Waals surface area contributed by atoms with E-state index in [1.54, 1.807) is 0 Å². The van der Waals surface area contributed by atoms with Gasteiger partial charge in [0.05, 0.1) is 12.2 Å². The van der Waals surface area contributed by atoms with Crippen LogP contribution >= 0.6 is 0 Å². The molecule has 112 valence electrons. The topological polar surface area (TPSA) is 27.7 Å². The first-order valence-corrected chi connectivity index (χ1v) is 7.93. The zero-order valence-electron chi connectivity index (χ0n) is 12.9. The summed E-state index contributed by atoms with van der Waals surface area (Å²) in [5.74, 6) is 0. The van der Waals surface area contributed by atoms with Gasteiger partial charge in [-0.3, -0.25) is 4.90 Å². The molecule has 0 radical (unpaired) electrons. The van der Waals surface area contributed by atoms with Crippen LogP contribution in [0.1, 0.15) is 33.1 Å². The fraction of sp³-hybridized carbons (Fsp3) is 1.00. The highest BCUT2D eigenvalue weighted by Gasteiger charge is 2.27. The summed E-state index contributed by atoms with van der Waals surface area (Å²) in [6.45, 7) is 11.4. The van der Waals surface area contributed by atoms with E-state index in [1.807, 2.05) is 0 Å². The Kier molecular flexibility index (Phi) is 6.07. The van der Waals surface area contributed by atoms with Crippen LogP contribution in [0.2, 0.25) is 0 Å². The number of hydrogen-bond donors (Lipinski definition) is 1. The Morgan fingerprint density at radius 2 is 1.89 bits per heavy atom. The van der Waals surface area contributed by atoms with Crippen molar-refractivity contribution in [3.05, 3.63) is 0 Å². The summed E-state index contributed by atoms with van der Waals surface area (Å²) in [5.41, 5.74) is 0. The van der Waals surface area contributed by atoms with Crippen molar-refractivity contribution in [1.29, 1.82) is 0 Å². The zero-order valence-corrected chi connectivity index (χ0v) is 12.9. The third-order valence-electron chi connectivity index (χ3n) is 4.22. The molecule has 0 amide bonds. The third-order valence-corrected chi connectivity index (χ3v) is 4.22. The summed E-state index contributed by atoms with van der Waals surface area (Å²) in [6.07, 6.45) is 4.64. The van der Waals surface area contributed by atoms with Crippen LogP contribution in [-0.4, -0.2) is 74.4 Å². The number of ether oxygens (including phenoxy) is 1. The summed E-state index contributed by atoms with van der Waals surface area (Å²) in [5, 5.41) is 3.48. The highest BCUT2D eigenvalue weighted by Crippen LogP contribution is 2.20. The molecule has 0 aromatic rings. The molecule has 2 saturated heterocycles. The quantitative estimate of drug-likeness (QED) is 0.811. The minimum Gasteiger partial charge on any atom is -0.372 e. The molecule has 2 aliphatic heterocycles. The van der Waals surface area contributed by atoms with Crippen molar-refractivity contribution < 1.29 is 4.74 Å². The van der Waals surface area contributed by atoms with Gasteiger partial charge < -0.3 is 15.0 Å². The Bertz CT molecular complexity index is 260. The third kappa shape index (κ3) is 5.38. The monoisotopic (exact) mass is 269 g/mol. The molecule has 2 fully saturated rings. The van der Waals surface area contributed by atoms with Gasteiger partial charge in [0.15, 0.2) is 0 Å². The van der Waals surface area contributed by atoms with Gasteiger partial charge in [0.2, 0.25) is 0 Å². The maximum absolute atomic E-state index is 6.16. The summed E-state index contributed by atoms with van der Waals surface area (Å²) < 4.78 is 6.16. The molecule has 19 heavy (non-hydrogen) atoms. The average Bonchev–Trinajstić information content (AvgIpc) is 2.71. The Morgan fingerprint density at radius 1 is 1.11 bits per heavy atom. The molecular formula is C15H31N3O. The molecule has 0 aromatic carbocycles. The largest absolute Gasteiger partial charge is 0.372 e. The lowest BCUT2D eigenvalue weighted by atomic mass is 10.2. The highest BCUT2D eigenvalue weighted by molar-refractivity contribution is 4.79. The second-order valence-corrected chi connectivity index (χ2v) is 6.48. The van der Waals surface area contributed by atoms with Gasteiger partial charge in [0.1, 0.15) is 0 Å². The van der Waals surface area contributed by atoms with E-state index in [-0.39, 0.29) is 0 Å². The Labute approximate surface area is 118 Å². The van der Waals surface area contributed by atoms with Crippen LogP contribution in [0, 0.1) is 0 Å².